The second kappa shape index (κ2) is 10.8. The van der Waals surface area contributed by atoms with Crippen LogP contribution in [0.15, 0.2) is 0 Å². The lowest BCUT2D eigenvalue weighted by Crippen LogP contribution is -2.42. The number of thiophene rings is 1. The fourth-order valence-electron chi connectivity index (χ4n) is 4.76. The second-order valence-electron chi connectivity index (χ2n) is 8.45. The molecule has 1 aromatic heterocycles. The number of nitrogens with zero attached hydrogens (tertiary/aromatic N) is 1. The van der Waals surface area contributed by atoms with Gasteiger partial charge in [0.15, 0.2) is 0 Å². The molecule has 1 amide bonds. The maximum absolute atomic E-state index is 12.9. The predicted molar refractivity (Wildman–Crippen MR) is 112 cm³/mol. The van der Waals surface area contributed by atoms with Crippen LogP contribution in [0.5, 0.6) is 0 Å². The monoisotopic (exact) mass is 415 g/mol. The first-order valence-electron chi connectivity index (χ1n) is 11.2. The number of hydrogen-bond acceptors (Lipinski definition) is 5. The van der Waals surface area contributed by atoms with Crippen LogP contribution in [0.4, 0.5) is 5.00 Å². The second-order valence-corrected chi connectivity index (χ2v) is 9.56. The average Bonchev–Trinajstić information content (AvgIpc) is 3.03. The highest BCUT2D eigenvalue weighted by Crippen LogP contribution is 2.37. The standard InChI is InChI=1S/C23H32N2O3S/c24-15-19-16-11-7-5-3-1-2-4-6-8-14-20(16)29-22(19)25-21(26)17-12-9-10-13-18(17)23(27)28/h17-18H,1-14H2,(H,25,26)(H,27,28)/p-1/t17-,18+/m1/s1. The molecule has 0 spiro atoms. The fourth-order valence-corrected chi connectivity index (χ4v) is 6.01. The van der Waals surface area contributed by atoms with Crippen LogP contribution in [-0.4, -0.2) is 11.9 Å². The van der Waals surface area contributed by atoms with Gasteiger partial charge in [0.1, 0.15) is 11.1 Å². The number of aryl methyl sites for hydroxylation is 1. The number of anilines is 1. The summed E-state index contributed by atoms with van der Waals surface area (Å²) in [5, 5.41) is 24.8. The average molecular weight is 416 g/mol. The zero-order valence-electron chi connectivity index (χ0n) is 17.1. The molecule has 0 aliphatic heterocycles. The van der Waals surface area contributed by atoms with Gasteiger partial charge in [-0.1, -0.05) is 51.4 Å². The molecule has 6 heteroatoms. The molecule has 5 nitrogen and oxygen atoms in total. The molecule has 1 aromatic rings. The highest BCUT2D eigenvalue weighted by Gasteiger charge is 2.32. The highest BCUT2D eigenvalue weighted by molar-refractivity contribution is 7.16. The highest BCUT2D eigenvalue weighted by atomic mass is 32.1. The smallest absolute Gasteiger partial charge is 0.228 e. The molecule has 0 radical (unpaired) electrons. The third-order valence-electron chi connectivity index (χ3n) is 6.43. The lowest BCUT2D eigenvalue weighted by molar-refractivity contribution is -0.313. The Morgan fingerprint density at radius 3 is 2.10 bits per heavy atom. The predicted octanol–water partition coefficient (Wildman–Crippen LogP) is 4.33. The summed E-state index contributed by atoms with van der Waals surface area (Å²) in [6.07, 6.45) is 14.3. The van der Waals surface area contributed by atoms with E-state index in [4.69, 9.17) is 0 Å². The molecular formula is C23H31N2O3S-. The van der Waals surface area contributed by atoms with E-state index in [1.807, 2.05) is 0 Å². The minimum Gasteiger partial charge on any atom is -0.550 e. The van der Waals surface area contributed by atoms with Crippen molar-refractivity contribution in [1.29, 1.82) is 5.26 Å². The Labute approximate surface area is 177 Å². The molecule has 2 aliphatic carbocycles. The molecule has 29 heavy (non-hydrogen) atoms. The van der Waals surface area contributed by atoms with Gasteiger partial charge in [-0.2, -0.15) is 5.26 Å². The zero-order valence-corrected chi connectivity index (χ0v) is 18.0. The van der Waals surface area contributed by atoms with Crippen molar-refractivity contribution in [2.24, 2.45) is 11.8 Å². The summed E-state index contributed by atoms with van der Waals surface area (Å²) in [7, 11) is 0. The molecular weight excluding hydrogens is 384 g/mol. The number of carbonyl (C=O) groups excluding carboxylic acids is 2. The molecule has 0 aromatic carbocycles. The summed E-state index contributed by atoms with van der Waals surface area (Å²) < 4.78 is 0. The van der Waals surface area contributed by atoms with E-state index in [0.29, 0.717) is 23.4 Å². The van der Waals surface area contributed by atoms with Gasteiger partial charge in [-0.15, -0.1) is 11.3 Å². The van der Waals surface area contributed by atoms with Crippen LogP contribution in [-0.2, 0) is 22.4 Å². The maximum Gasteiger partial charge on any atom is 0.228 e. The third kappa shape index (κ3) is 5.60. The molecule has 0 bridgehead atoms. The molecule has 0 unspecified atom stereocenters. The number of aliphatic carboxylic acids is 1. The minimum atomic E-state index is -1.14. The number of carboxylic acids is 1. The maximum atomic E-state index is 12.9. The van der Waals surface area contributed by atoms with Crippen molar-refractivity contribution >= 4 is 28.2 Å². The lowest BCUT2D eigenvalue weighted by Gasteiger charge is -2.31. The Balaban J connectivity index is 1.79. The number of carboxylic acid groups (broad SMARTS) is 1. The van der Waals surface area contributed by atoms with E-state index in [2.05, 4.69) is 11.4 Å². The van der Waals surface area contributed by atoms with Gasteiger partial charge >= 0.3 is 0 Å². The molecule has 2 atom stereocenters. The van der Waals surface area contributed by atoms with Gasteiger partial charge in [0.2, 0.25) is 5.91 Å². The van der Waals surface area contributed by atoms with Crippen LogP contribution < -0.4 is 10.4 Å². The number of nitrogens with one attached hydrogen (secondary N) is 1. The summed E-state index contributed by atoms with van der Waals surface area (Å²) in [6.45, 7) is 0. The van der Waals surface area contributed by atoms with Crippen molar-refractivity contribution in [3.05, 3.63) is 16.0 Å². The topological polar surface area (TPSA) is 93.0 Å². The van der Waals surface area contributed by atoms with Gasteiger partial charge in [-0.3, -0.25) is 4.79 Å². The van der Waals surface area contributed by atoms with Gasteiger partial charge in [0.25, 0.3) is 0 Å². The Morgan fingerprint density at radius 2 is 1.48 bits per heavy atom. The number of amides is 1. The summed E-state index contributed by atoms with van der Waals surface area (Å²) in [4.78, 5) is 25.6. The van der Waals surface area contributed by atoms with E-state index in [1.54, 1.807) is 0 Å². The molecule has 1 heterocycles. The zero-order chi connectivity index (χ0) is 20.6. The summed E-state index contributed by atoms with van der Waals surface area (Å²) in [5.74, 6) is -2.70. The summed E-state index contributed by atoms with van der Waals surface area (Å²) in [5.41, 5.74) is 1.70. The first-order valence-corrected chi connectivity index (χ1v) is 12.0. The Kier molecular flexibility index (Phi) is 8.11. The minimum absolute atomic E-state index is 0.271. The normalized spacial score (nSPS) is 23.7. The van der Waals surface area contributed by atoms with Crippen LogP contribution in [0.1, 0.15) is 93.1 Å². The van der Waals surface area contributed by atoms with Gasteiger partial charge < -0.3 is 15.2 Å². The SMILES string of the molecule is N#Cc1c(NC(=O)[C@@H]2CCCC[C@@H]2C(=O)[O-])sc2c1CCCCCCCCCC2. The van der Waals surface area contributed by atoms with Crippen molar-refractivity contribution in [2.75, 3.05) is 5.32 Å². The van der Waals surface area contributed by atoms with Crippen LogP contribution >= 0.6 is 11.3 Å². The summed E-state index contributed by atoms with van der Waals surface area (Å²) in [6, 6.07) is 2.33. The van der Waals surface area contributed by atoms with E-state index in [9.17, 15) is 20.0 Å². The van der Waals surface area contributed by atoms with Crippen molar-refractivity contribution < 1.29 is 14.7 Å². The molecule has 1 fully saturated rings. The van der Waals surface area contributed by atoms with Gasteiger partial charge in [0.05, 0.1) is 5.56 Å². The molecule has 1 N–H and O–H groups in total. The number of fused-ring (bicyclic) bond motifs is 1. The van der Waals surface area contributed by atoms with Crippen LogP contribution in [0.25, 0.3) is 0 Å². The molecule has 0 saturated heterocycles. The van der Waals surface area contributed by atoms with Crippen molar-refractivity contribution in [3.63, 3.8) is 0 Å². The van der Waals surface area contributed by atoms with Crippen molar-refractivity contribution in [3.8, 4) is 6.07 Å². The third-order valence-corrected chi connectivity index (χ3v) is 7.63. The van der Waals surface area contributed by atoms with Crippen LogP contribution in [0.3, 0.4) is 0 Å². The Morgan fingerprint density at radius 1 is 0.897 bits per heavy atom. The first kappa shape index (κ1) is 21.8. The van der Waals surface area contributed by atoms with Crippen LogP contribution in [0.2, 0.25) is 0 Å². The number of carbonyl (C=O) groups is 2. The number of nitriles is 1. The largest absolute Gasteiger partial charge is 0.550 e. The van der Waals surface area contributed by atoms with Crippen LogP contribution in [0, 0.1) is 23.2 Å². The van der Waals surface area contributed by atoms with E-state index in [0.717, 1.165) is 44.1 Å². The van der Waals surface area contributed by atoms with Gasteiger partial charge in [-0.25, -0.2) is 0 Å². The molecule has 3 rings (SSSR count). The Hall–Kier alpha value is -1.87. The van der Waals surface area contributed by atoms with E-state index < -0.39 is 17.8 Å². The summed E-state index contributed by atoms with van der Waals surface area (Å²) >= 11 is 1.52. The molecule has 2 aliphatic rings. The molecule has 1 saturated carbocycles. The Bertz CT molecular complexity index is 765. The number of hydrogen-bond donors (Lipinski definition) is 1. The fraction of sp³-hybridized carbons (Fsp3) is 0.696. The van der Waals surface area contributed by atoms with E-state index in [-0.39, 0.29) is 5.91 Å². The van der Waals surface area contributed by atoms with Crippen molar-refractivity contribution in [1.82, 2.24) is 0 Å². The first-order chi connectivity index (χ1) is 14.1. The van der Waals surface area contributed by atoms with E-state index in [1.165, 1.54) is 54.7 Å². The lowest BCUT2D eigenvalue weighted by atomic mass is 9.79. The van der Waals surface area contributed by atoms with E-state index >= 15 is 0 Å². The van der Waals surface area contributed by atoms with Gasteiger partial charge in [-0.05, 0) is 44.1 Å². The number of rotatable bonds is 3. The van der Waals surface area contributed by atoms with Gasteiger partial charge in [0, 0.05) is 22.7 Å². The van der Waals surface area contributed by atoms with Crippen molar-refractivity contribution in [2.45, 2.75) is 89.9 Å². The molecule has 158 valence electrons. The quantitative estimate of drug-likeness (QED) is 0.795.